The van der Waals surface area contributed by atoms with Gasteiger partial charge in [-0.3, -0.25) is 0 Å². The summed E-state index contributed by atoms with van der Waals surface area (Å²) in [6.45, 7) is 9.29. The van der Waals surface area contributed by atoms with E-state index in [1.165, 1.54) is 69.2 Å². The van der Waals surface area contributed by atoms with Gasteiger partial charge in [-0.05, 0) is 51.0 Å². The van der Waals surface area contributed by atoms with E-state index in [1.54, 1.807) is 0 Å². The van der Waals surface area contributed by atoms with Crippen LogP contribution in [0.1, 0.15) is 85.0 Å². The second kappa shape index (κ2) is 16.0. The van der Waals surface area contributed by atoms with Gasteiger partial charge in [-0.2, -0.15) is 0 Å². The minimum absolute atomic E-state index is 0.325. The van der Waals surface area contributed by atoms with Crippen molar-refractivity contribution < 1.29 is 4.74 Å². The number of anilines is 2. The minimum Gasteiger partial charge on any atom is -0.385 e. The highest BCUT2D eigenvalue weighted by molar-refractivity contribution is 5.53. The summed E-state index contributed by atoms with van der Waals surface area (Å²) >= 11 is 0. The minimum atomic E-state index is 0.325. The molecule has 0 atom stereocenters. The molecule has 0 amide bonds. The molecule has 0 unspecified atom stereocenters. The van der Waals surface area contributed by atoms with Gasteiger partial charge in [-0.15, -0.1) is 0 Å². The van der Waals surface area contributed by atoms with Crippen molar-refractivity contribution in [2.24, 2.45) is 0 Å². The van der Waals surface area contributed by atoms with Crippen molar-refractivity contribution in [3.63, 3.8) is 0 Å². The quantitative estimate of drug-likeness (QED) is 0.297. The number of unbranched alkanes of at least 4 members (excludes halogenated alkanes) is 8. The fraction of sp³-hybridized carbons (Fsp3) is 0.739. The maximum absolute atomic E-state index is 5.55. The number of hydrogen-bond donors (Lipinski definition) is 2. The van der Waals surface area contributed by atoms with Gasteiger partial charge in [-0.1, -0.05) is 58.3 Å². The molecule has 0 aliphatic carbocycles. The first-order valence-electron chi connectivity index (χ1n) is 10.9. The molecule has 0 heterocycles. The third kappa shape index (κ3) is 13.0. The Hall–Kier alpha value is -1.22. The van der Waals surface area contributed by atoms with Gasteiger partial charge in [0.25, 0.3) is 0 Å². The molecule has 0 aliphatic heterocycles. The largest absolute Gasteiger partial charge is 0.385 e. The van der Waals surface area contributed by atoms with E-state index in [0.29, 0.717) is 6.10 Å². The average molecular weight is 363 g/mol. The van der Waals surface area contributed by atoms with E-state index in [4.69, 9.17) is 4.74 Å². The molecule has 1 rings (SSSR count). The zero-order valence-corrected chi connectivity index (χ0v) is 17.5. The monoisotopic (exact) mass is 362 g/mol. The summed E-state index contributed by atoms with van der Waals surface area (Å²) in [7, 11) is 0. The highest BCUT2D eigenvalue weighted by Gasteiger charge is 1.97. The van der Waals surface area contributed by atoms with Crippen molar-refractivity contribution >= 4 is 11.4 Å². The van der Waals surface area contributed by atoms with Crippen molar-refractivity contribution in [2.75, 3.05) is 30.3 Å². The van der Waals surface area contributed by atoms with Crippen LogP contribution in [-0.2, 0) is 4.74 Å². The normalized spacial score (nSPS) is 11.1. The van der Waals surface area contributed by atoms with Crippen LogP contribution in [0.3, 0.4) is 0 Å². The van der Waals surface area contributed by atoms with Crippen LogP contribution in [0.5, 0.6) is 0 Å². The number of hydrogen-bond acceptors (Lipinski definition) is 3. The lowest BCUT2D eigenvalue weighted by molar-refractivity contribution is 0.0787. The highest BCUT2D eigenvalue weighted by Crippen LogP contribution is 2.14. The Bertz CT molecular complexity index is 417. The third-order valence-electron chi connectivity index (χ3n) is 4.60. The van der Waals surface area contributed by atoms with Gasteiger partial charge in [0.2, 0.25) is 0 Å². The van der Waals surface area contributed by atoms with Crippen molar-refractivity contribution in [3.05, 3.63) is 24.3 Å². The van der Waals surface area contributed by atoms with Crippen LogP contribution < -0.4 is 10.6 Å². The van der Waals surface area contributed by atoms with E-state index in [9.17, 15) is 0 Å². The lowest BCUT2D eigenvalue weighted by Gasteiger charge is -2.10. The van der Waals surface area contributed by atoms with Crippen molar-refractivity contribution in [1.29, 1.82) is 0 Å². The number of benzene rings is 1. The summed E-state index contributed by atoms with van der Waals surface area (Å²) in [4.78, 5) is 0. The molecule has 26 heavy (non-hydrogen) atoms. The molecule has 1 aromatic carbocycles. The number of rotatable bonds is 17. The third-order valence-corrected chi connectivity index (χ3v) is 4.60. The Morgan fingerprint density at radius 1 is 0.692 bits per heavy atom. The molecule has 1 aromatic rings. The molecular weight excluding hydrogens is 320 g/mol. The molecule has 0 radical (unpaired) electrons. The molecule has 0 spiro atoms. The maximum Gasteiger partial charge on any atom is 0.0518 e. The van der Waals surface area contributed by atoms with E-state index in [0.717, 1.165) is 26.1 Å². The van der Waals surface area contributed by atoms with Crippen LogP contribution in [0.2, 0.25) is 0 Å². The molecule has 3 nitrogen and oxygen atoms in total. The van der Waals surface area contributed by atoms with Crippen molar-refractivity contribution in [3.8, 4) is 0 Å². The van der Waals surface area contributed by atoms with E-state index in [1.807, 2.05) is 0 Å². The Morgan fingerprint density at radius 3 is 1.65 bits per heavy atom. The van der Waals surface area contributed by atoms with Gasteiger partial charge in [0.1, 0.15) is 0 Å². The van der Waals surface area contributed by atoms with Gasteiger partial charge in [0.15, 0.2) is 0 Å². The zero-order valence-electron chi connectivity index (χ0n) is 17.5. The number of ether oxygens (including phenoxy) is 1. The fourth-order valence-electron chi connectivity index (χ4n) is 3.00. The maximum atomic E-state index is 5.55. The van der Waals surface area contributed by atoms with Gasteiger partial charge in [0, 0.05) is 31.1 Å². The first-order valence-corrected chi connectivity index (χ1v) is 10.9. The first kappa shape index (κ1) is 22.8. The summed E-state index contributed by atoms with van der Waals surface area (Å²) in [5.41, 5.74) is 2.40. The summed E-state index contributed by atoms with van der Waals surface area (Å²) in [6.07, 6.45) is 13.8. The van der Waals surface area contributed by atoms with Gasteiger partial charge >= 0.3 is 0 Å². The topological polar surface area (TPSA) is 33.3 Å². The van der Waals surface area contributed by atoms with Crippen LogP contribution in [0.25, 0.3) is 0 Å². The SMILES string of the molecule is CCCCCCCCCCCNc1ccc(NCCCOC(C)C)cc1. The van der Waals surface area contributed by atoms with Crippen LogP contribution in [-0.4, -0.2) is 25.8 Å². The second-order valence-corrected chi connectivity index (χ2v) is 7.53. The Kier molecular flexibility index (Phi) is 14.0. The first-order chi connectivity index (χ1) is 12.7. The van der Waals surface area contributed by atoms with Gasteiger partial charge in [-0.25, -0.2) is 0 Å². The fourth-order valence-corrected chi connectivity index (χ4v) is 3.00. The average Bonchev–Trinajstić information content (AvgIpc) is 2.64. The second-order valence-electron chi connectivity index (χ2n) is 7.53. The summed E-state index contributed by atoms with van der Waals surface area (Å²) in [5, 5.41) is 6.98. The summed E-state index contributed by atoms with van der Waals surface area (Å²) < 4.78 is 5.55. The molecule has 0 bridgehead atoms. The molecule has 0 saturated carbocycles. The van der Waals surface area contributed by atoms with Crippen LogP contribution in [0.4, 0.5) is 11.4 Å². The molecule has 0 aliphatic rings. The predicted octanol–water partition coefficient (Wildman–Crippen LogP) is 6.86. The zero-order chi connectivity index (χ0) is 18.9. The molecule has 3 heteroatoms. The predicted molar refractivity (Wildman–Crippen MR) is 116 cm³/mol. The van der Waals surface area contributed by atoms with E-state index >= 15 is 0 Å². The smallest absolute Gasteiger partial charge is 0.0518 e. The van der Waals surface area contributed by atoms with E-state index in [-0.39, 0.29) is 0 Å². The molecule has 0 aromatic heterocycles. The highest BCUT2D eigenvalue weighted by atomic mass is 16.5. The van der Waals surface area contributed by atoms with Crippen LogP contribution in [0.15, 0.2) is 24.3 Å². The van der Waals surface area contributed by atoms with Crippen LogP contribution in [0, 0.1) is 0 Å². The molecular formula is C23H42N2O. The van der Waals surface area contributed by atoms with Gasteiger partial charge in [0.05, 0.1) is 6.10 Å². The molecule has 0 fully saturated rings. The molecule has 0 saturated heterocycles. The number of nitrogens with one attached hydrogen (secondary N) is 2. The van der Waals surface area contributed by atoms with E-state index in [2.05, 4.69) is 55.7 Å². The van der Waals surface area contributed by atoms with Gasteiger partial charge < -0.3 is 15.4 Å². The van der Waals surface area contributed by atoms with E-state index < -0.39 is 0 Å². The van der Waals surface area contributed by atoms with Crippen molar-refractivity contribution in [2.45, 2.75) is 91.1 Å². The van der Waals surface area contributed by atoms with Crippen molar-refractivity contribution in [1.82, 2.24) is 0 Å². The molecule has 150 valence electrons. The Balaban J connectivity index is 1.98. The lowest BCUT2D eigenvalue weighted by Crippen LogP contribution is -2.09. The van der Waals surface area contributed by atoms with Crippen LogP contribution >= 0.6 is 0 Å². The Morgan fingerprint density at radius 2 is 1.15 bits per heavy atom. The Labute approximate surface area is 162 Å². The molecule has 2 N–H and O–H groups in total. The summed E-state index contributed by atoms with van der Waals surface area (Å²) in [6, 6.07) is 8.64. The standard InChI is InChI=1S/C23H42N2O/c1-4-5-6-7-8-9-10-11-12-18-24-22-14-16-23(17-15-22)25-19-13-20-26-21(2)3/h14-17,21,24-25H,4-13,18-20H2,1-3H3. The summed E-state index contributed by atoms with van der Waals surface area (Å²) in [5.74, 6) is 0. The lowest BCUT2D eigenvalue weighted by atomic mass is 10.1.